The Morgan fingerprint density at radius 1 is 1.04 bits per heavy atom. The highest BCUT2D eigenvalue weighted by Crippen LogP contribution is 2.54. The Balaban J connectivity index is 1.52. The third-order valence-corrected chi connectivity index (χ3v) is 6.53. The SMILES string of the molecule is O=C1[C@@H]2OC[C@@H](O2)[C@H]2[C@H]1[C@@H]1c3ccccc3C=CN1[C@H]2C(=O)c1ccccc1. The van der Waals surface area contributed by atoms with Gasteiger partial charge in [-0.3, -0.25) is 9.59 Å². The van der Waals surface area contributed by atoms with Crippen molar-refractivity contribution in [1.29, 1.82) is 0 Å². The van der Waals surface area contributed by atoms with Crippen LogP contribution in [0.1, 0.15) is 27.5 Å². The van der Waals surface area contributed by atoms with Gasteiger partial charge in [-0.15, -0.1) is 0 Å². The second-order valence-corrected chi connectivity index (χ2v) is 7.86. The van der Waals surface area contributed by atoms with Gasteiger partial charge in [0.05, 0.1) is 30.7 Å². The van der Waals surface area contributed by atoms with Crippen LogP contribution in [-0.2, 0) is 14.3 Å². The molecule has 4 heterocycles. The van der Waals surface area contributed by atoms with Crippen LogP contribution in [0, 0.1) is 11.8 Å². The number of rotatable bonds is 2. The summed E-state index contributed by atoms with van der Waals surface area (Å²) in [5.74, 6) is -0.541. The molecular weight excluding hydrogens is 354 g/mol. The summed E-state index contributed by atoms with van der Waals surface area (Å²) in [4.78, 5) is 28.9. The van der Waals surface area contributed by atoms with Gasteiger partial charge in [0.2, 0.25) is 6.29 Å². The predicted octanol–water partition coefficient (Wildman–Crippen LogP) is 2.84. The van der Waals surface area contributed by atoms with Crippen molar-refractivity contribution in [1.82, 2.24) is 4.90 Å². The lowest BCUT2D eigenvalue weighted by molar-refractivity contribution is -0.164. The van der Waals surface area contributed by atoms with Gasteiger partial charge in [-0.05, 0) is 17.2 Å². The quantitative estimate of drug-likeness (QED) is 0.758. The van der Waals surface area contributed by atoms with Crippen molar-refractivity contribution in [3.8, 4) is 0 Å². The number of hydrogen-bond acceptors (Lipinski definition) is 5. The first-order chi connectivity index (χ1) is 13.7. The van der Waals surface area contributed by atoms with Crippen LogP contribution in [-0.4, -0.2) is 41.5 Å². The van der Waals surface area contributed by atoms with E-state index >= 15 is 0 Å². The zero-order chi connectivity index (χ0) is 18.8. The third kappa shape index (κ3) is 2.09. The number of ketones is 2. The molecule has 3 fully saturated rings. The Morgan fingerprint density at radius 3 is 2.68 bits per heavy atom. The molecule has 6 rings (SSSR count). The van der Waals surface area contributed by atoms with Gasteiger partial charge in [0, 0.05) is 17.7 Å². The molecule has 0 aliphatic carbocycles. The maximum Gasteiger partial charge on any atom is 0.218 e. The highest BCUT2D eigenvalue weighted by Gasteiger charge is 2.63. The average molecular weight is 373 g/mol. The summed E-state index contributed by atoms with van der Waals surface area (Å²) in [5, 5.41) is 0. The molecule has 4 aliphatic heterocycles. The highest BCUT2D eigenvalue weighted by atomic mass is 16.7. The minimum absolute atomic E-state index is 0.0314. The molecule has 0 N–H and O–H groups in total. The molecule has 6 atom stereocenters. The zero-order valence-electron chi connectivity index (χ0n) is 15.1. The van der Waals surface area contributed by atoms with Crippen LogP contribution in [0.25, 0.3) is 6.08 Å². The van der Waals surface area contributed by atoms with Crippen molar-refractivity contribution in [2.45, 2.75) is 24.5 Å². The lowest BCUT2D eigenvalue weighted by atomic mass is 9.75. The summed E-state index contributed by atoms with van der Waals surface area (Å²) in [6.45, 7) is 0.363. The van der Waals surface area contributed by atoms with E-state index in [-0.39, 0.29) is 35.5 Å². The first kappa shape index (κ1) is 16.2. The summed E-state index contributed by atoms with van der Waals surface area (Å²) in [7, 11) is 0. The number of hydrogen-bond donors (Lipinski definition) is 0. The first-order valence-electron chi connectivity index (χ1n) is 9.68. The van der Waals surface area contributed by atoms with E-state index in [0.717, 1.165) is 11.1 Å². The molecule has 2 aromatic carbocycles. The maximum absolute atomic E-state index is 13.6. The van der Waals surface area contributed by atoms with E-state index in [4.69, 9.17) is 9.47 Å². The summed E-state index contributed by atoms with van der Waals surface area (Å²) in [6.07, 6.45) is 2.99. The molecule has 0 aromatic heterocycles. The van der Waals surface area contributed by atoms with Crippen LogP contribution in [0.5, 0.6) is 0 Å². The molecule has 0 unspecified atom stereocenters. The summed E-state index contributed by atoms with van der Waals surface area (Å²) >= 11 is 0. The van der Waals surface area contributed by atoms with Crippen LogP contribution in [0.4, 0.5) is 0 Å². The van der Waals surface area contributed by atoms with Crippen molar-refractivity contribution in [2.75, 3.05) is 6.61 Å². The molecule has 3 saturated heterocycles. The molecule has 0 amide bonds. The van der Waals surface area contributed by atoms with Gasteiger partial charge >= 0.3 is 0 Å². The Bertz CT molecular complexity index is 1000. The molecule has 0 saturated carbocycles. The molecule has 28 heavy (non-hydrogen) atoms. The molecule has 2 aromatic rings. The maximum atomic E-state index is 13.6. The van der Waals surface area contributed by atoms with Crippen LogP contribution in [0.15, 0.2) is 60.8 Å². The molecule has 140 valence electrons. The predicted molar refractivity (Wildman–Crippen MR) is 101 cm³/mol. The third-order valence-electron chi connectivity index (χ3n) is 6.53. The monoisotopic (exact) mass is 373 g/mol. The van der Waals surface area contributed by atoms with Crippen LogP contribution < -0.4 is 0 Å². The van der Waals surface area contributed by atoms with Crippen molar-refractivity contribution in [3.63, 3.8) is 0 Å². The lowest BCUT2D eigenvalue weighted by Gasteiger charge is -2.34. The first-order valence-corrected chi connectivity index (χ1v) is 9.68. The van der Waals surface area contributed by atoms with Crippen LogP contribution >= 0.6 is 0 Å². The number of ether oxygens (including phenoxy) is 2. The second-order valence-electron chi connectivity index (χ2n) is 7.86. The van der Waals surface area contributed by atoms with Gasteiger partial charge < -0.3 is 14.4 Å². The number of Topliss-reactive ketones (excluding diaryl/α,β-unsaturated/α-hetero) is 2. The van der Waals surface area contributed by atoms with E-state index in [9.17, 15) is 9.59 Å². The zero-order valence-corrected chi connectivity index (χ0v) is 15.1. The standard InChI is InChI=1S/C23H19NO4/c25-21(14-7-2-1-3-8-14)20-17-16-12-27-23(28-16)22(26)18(17)19-15-9-5-4-6-13(15)10-11-24(19)20/h1-11,16-20,23H,12H2/t16-,17+,18+,19+,20-,23-/m1/s1. The fourth-order valence-corrected chi connectivity index (χ4v) is 5.39. The van der Waals surface area contributed by atoms with Crippen LogP contribution in [0.3, 0.4) is 0 Å². The molecule has 5 heteroatoms. The fraction of sp³-hybridized carbons (Fsp3) is 0.304. The number of carbonyl (C=O) groups excluding carboxylic acids is 2. The number of fused-ring (bicyclic) bond motifs is 8. The molecule has 4 aliphatic rings. The summed E-state index contributed by atoms with van der Waals surface area (Å²) in [5.41, 5.74) is 2.86. The Kier molecular flexibility index (Phi) is 3.40. The number of benzene rings is 2. The molecule has 0 spiro atoms. The normalized spacial score (nSPS) is 34.7. The van der Waals surface area contributed by atoms with Gasteiger partial charge in [0.25, 0.3) is 0 Å². The van der Waals surface area contributed by atoms with Gasteiger partial charge in [0.1, 0.15) is 0 Å². The Labute approximate surface area is 162 Å². The second kappa shape index (κ2) is 5.87. The van der Waals surface area contributed by atoms with Crippen molar-refractivity contribution >= 4 is 17.6 Å². The Hall–Kier alpha value is -2.76. The summed E-state index contributed by atoms with van der Waals surface area (Å²) < 4.78 is 11.5. The molecule has 5 nitrogen and oxygen atoms in total. The minimum Gasteiger partial charge on any atom is -0.359 e. The van der Waals surface area contributed by atoms with E-state index < -0.39 is 12.3 Å². The van der Waals surface area contributed by atoms with E-state index in [1.807, 2.05) is 54.7 Å². The van der Waals surface area contributed by atoms with Crippen molar-refractivity contribution < 1.29 is 19.1 Å². The van der Waals surface area contributed by atoms with Crippen molar-refractivity contribution in [2.24, 2.45) is 11.8 Å². The van der Waals surface area contributed by atoms with Crippen molar-refractivity contribution in [3.05, 3.63) is 77.5 Å². The van der Waals surface area contributed by atoms with E-state index in [1.165, 1.54) is 0 Å². The largest absolute Gasteiger partial charge is 0.359 e. The van der Waals surface area contributed by atoms with E-state index in [0.29, 0.717) is 12.2 Å². The topological polar surface area (TPSA) is 55.8 Å². The smallest absolute Gasteiger partial charge is 0.218 e. The Morgan fingerprint density at radius 2 is 1.82 bits per heavy atom. The van der Waals surface area contributed by atoms with Gasteiger partial charge in [-0.2, -0.15) is 0 Å². The van der Waals surface area contributed by atoms with Gasteiger partial charge in [-0.1, -0.05) is 54.6 Å². The van der Waals surface area contributed by atoms with E-state index in [2.05, 4.69) is 17.0 Å². The lowest BCUT2D eigenvalue weighted by Crippen LogP contribution is -2.48. The molecule has 0 radical (unpaired) electrons. The fourth-order valence-electron chi connectivity index (χ4n) is 5.39. The molecule has 2 bridgehead atoms. The molecular formula is C23H19NO4. The van der Waals surface area contributed by atoms with Gasteiger partial charge in [-0.25, -0.2) is 0 Å². The minimum atomic E-state index is -0.795. The van der Waals surface area contributed by atoms with Gasteiger partial charge in [0.15, 0.2) is 11.6 Å². The highest BCUT2D eigenvalue weighted by molar-refractivity contribution is 6.02. The van der Waals surface area contributed by atoms with E-state index in [1.54, 1.807) is 0 Å². The number of carbonyl (C=O) groups is 2. The van der Waals surface area contributed by atoms with Crippen LogP contribution in [0.2, 0.25) is 0 Å². The number of nitrogens with zero attached hydrogens (tertiary/aromatic N) is 1. The summed E-state index contributed by atoms with van der Waals surface area (Å²) in [6, 6.07) is 16.8. The average Bonchev–Trinajstić information content (AvgIpc) is 3.33.